The van der Waals surface area contributed by atoms with Gasteiger partial charge in [-0.05, 0) is 32.0 Å². The summed E-state index contributed by atoms with van der Waals surface area (Å²) in [6.45, 7) is 3.64. The number of hydrogen-bond acceptors (Lipinski definition) is 3. The Morgan fingerprint density at radius 1 is 1.22 bits per heavy atom. The van der Waals surface area contributed by atoms with E-state index in [4.69, 9.17) is 11.6 Å². The van der Waals surface area contributed by atoms with Crippen molar-refractivity contribution in [2.75, 3.05) is 5.32 Å². The van der Waals surface area contributed by atoms with Gasteiger partial charge in [-0.25, -0.2) is 14.4 Å². The molecule has 6 heteroatoms. The van der Waals surface area contributed by atoms with Crippen LogP contribution in [0.3, 0.4) is 0 Å². The molecule has 0 saturated heterocycles. The summed E-state index contributed by atoms with van der Waals surface area (Å²) in [5, 5.41) is 3.06. The van der Waals surface area contributed by atoms with Crippen LogP contribution in [0.5, 0.6) is 0 Å². The second-order valence-corrected chi connectivity index (χ2v) is 5.06. The molecule has 2 aromatic rings. The lowest BCUT2D eigenvalue weighted by Crippen LogP contribution is -2.02. The molecule has 0 saturated carbocycles. The first-order valence-corrected chi connectivity index (χ1v) is 6.37. The number of hydrogen-bond donors (Lipinski definition) is 1. The van der Waals surface area contributed by atoms with E-state index in [2.05, 4.69) is 31.2 Å². The number of aromatic nitrogens is 2. The molecule has 0 aliphatic heterocycles. The average Bonchev–Trinajstić information content (AvgIpc) is 2.29. The molecule has 1 aromatic carbocycles. The first kappa shape index (κ1) is 13.2. The van der Waals surface area contributed by atoms with Crippen molar-refractivity contribution in [2.24, 2.45) is 0 Å². The summed E-state index contributed by atoms with van der Waals surface area (Å²) < 4.78 is 14.3. The normalized spacial score (nSPS) is 10.5. The van der Waals surface area contributed by atoms with E-state index in [-0.39, 0.29) is 11.0 Å². The number of halogens is 3. The lowest BCUT2D eigenvalue weighted by atomic mass is 10.3. The Balaban J connectivity index is 2.37. The van der Waals surface area contributed by atoms with Crippen molar-refractivity contribution in [3.8, 4) is 0 Å². The number of aryl methyl sites for hydroxylation is 2. The van der Waals surface area contributed by atoms with E-state index in [1.807, 2.05) is 13.8 Å². The van der Waals surface area contributed by atoms with Gasteiger partial charge in [0.05, 0.1) is 17.1 Å². The molecule has 0 spiro atoms. The zero-order chi connectivity index (χ0) is 13.3. The first-order valence-electron chi connectivity index (χ1n) is 5.20. The van der Waals surface area contributed by atoms with E-state index in [0.717, 1.165) is 11.4 Å². The Labute approximate surface area is 118 Å². The second-order valence-electron chi connectivity index (χ2n) is 3.78. The SMILES string of the molecule is Cc1nc(Cl)c(Nc2ccc(Br)cc2F)nc1C. The Bertz CT molecular complexity index is 604. The van der Waals surface area contributed by atoms with Crippen LogP contribution in [0.15, 0.2) is 22.7 Å². The number of benzene rings is 1. The Morgan fingerprint density at radius 2 is 1.89 bits per heavy atom. The summed E-state index contributed by atoms with van der Waals surface area (Å²) in [5.41, 5.74) is 1.80. The van der Waals surface area contributed by atoms with Gasteiger partial charge in [0.2, 0.25) is 0 Å². The molecule has 0 atom stereocenters. The molecule has 0 aliphatic rings. The maximum absolute atomic E-state index is 13.7. The molecule has 1 N–H and O–H groups in total. The summed E-state index contributed by atoms with van der Waals surface area (Å²) in [4.78, 5) is 8.37. The maximum atomic E-state index is 13.7. The topological polar surface area (TPSA) is 37.8 Å². The van der Waals surface area contributed by atoms with E-state index in [0.29, 0.717) is 16.0 Å². The molecular formula is C12H10BrClFN3. The molecule has 0 radical (unpaired) electrons. The molecule has 2 rings (SSSR count). The predicted octanol–water partition coefficient (Wildman–Crippen LogP) is 4.39. The lowest BCUT2D eigenvalue weighted by molar-refractivity contribution is 0.631. The predicted molar refractivity (Wildman–Crippen MR) is 73.9 cm³/mol. The zero-order valence-electron chi connectivity index (χ0n) is 9.76. The largest absolute Gasteiger partial charge is 0.335 e. The van der Waals surface area contributed by atoms with Crippen LogP contribution in [-0.2, 0) is 0 Å². The Hall–Kier alpha value is -1.20. The third-order valence-corrected chi connectivity index (χ3v) is 3.21. The molecule has 0 amide bonds. The van der Waals surface area contributed by atoms with Crippen LogP contribution in [-0.4, -0.2) is 9.97 Å². The highest BCUT2D eigenvalue weighted by Gasteiger charge is 2.10. The van der Waals surface area contributed by atoms with Gasteiger partial charge in [-0.3, -0.25) is 0 Å². The van der Waals surface area contributed by atoms with Gasteiger partial charge < -0.3 is 5.32 Å². The van der Waals surface area contributed by atoms with Crippen LogP contribution in [0.1, 0.15) is 11.4 Å². The minimum absolute atomic E-state index is 0.223. The third kappa shape index (κ3) is 2.79. The summed E-state index contributed by atoms with van der Waals surface area (Å²) >= 11 is 9.16. The highest BCUT2D eigenvalue weighted by Crippen LogP contribution is 2.26. The quantitative estimate of drug-likeness (QED) is 0.887. The van der Waals surface area contributed by atoms with Crippen LogP contribution in [0.4, 0.5) is 15.9 Å². The van der Waals surface area contributed by atoms with Crippen molar-refractivity contribution in [2.45, 2.75) is 13.8 Å². The van der Waals surface area contributed by atoms with Gasteiger partial charge >= 0.3 is 0 Å². The minimum atomic E-state index is -0.388. The molecule has 0 fully saturated rings. The molecule has 0 bridgehead atoms. The number of nitrogens with zero attached hydrogens (tertiary/aromatic N) is 2. The lowest BCUT2D eigenvalue weighted by Gasteiger charge is -2.10. The van der Waals surface area contributed by atoms with Crippen LogP contribution < -0.4 is 5.32 Å². The van der Waals surface area contributed by atoms with Crippen LogP contribution in [0.25, 0.3) is 0 Å². The molecule has 1 heterocycles. The van der Waals surface area contributed by atoms with Crippen molar-refractivity contribution < 1.29 is 4.39 Å². The average molecular weight is 331 g/mol. The Morgan fingerprint density at radius 3 is 2.56 bits per heavy atom. The summed E-state index contributed by atoms with van der Waals surface area (Å²) in [6.07, 6.45) is 0. The monoisotopic (exact) mass is 329 g/mol. The fourth-order valence-corrected chi connectivity index (χ4v) is 1.92. The molecule has 1 aromatic heterocycles. The fraction of sp³-hybridized carbons (Fsp3) is 0.167. The molecule has 0 unspecified atom stereocenters. The van der Waals surface area contributed by atoms with Crippen molar-refractivity contribution in [1.82, 2.24) is 9.97 Å². The first-order chi connectivity index (χ1) is 8.47. The van der Waals surface area contributed by atoms with Crippen molar-refractivity contribution >= 4 is 39.0 Å². The number of anilines is 2. The zero-order valence-corrected chi connectivity index (χ0v) is 12.1. The molecule has 3 nitrogen and oxygen atoms in total. The van der Waals surface area contributed by atoms with Crippen LogP contribution in [0.2, 0.25) is 5.15 Å². The van der Waals surface area contributed by atoms with Gasteiger partial charge in [0.1, 0.15) is 5.82 Å². The Kier molecular flexibility index (Phi) is 3.82. The van der Waals surface area contributed by atoms with Crippen molar-refractivity contribution in [1.29, 1.82) is 0 Å². The fourth-order valence-electron chi connectivity index (χ4n) is 1.37. The van der Waals surface area contributed by atoms with Crippen molar-refractivity contribution in [3.63, 3.8) is 0 Å². The van der Waals surface area contributed by atoms with E-state index < -0.39 is 0 Å². The summed E-state index contributed by atoms with van der Waals surface area (Å²) in [5.74, 6) is -0.0403. The number of nitrogens with one attached hydrogen (secondary N) is 1. The maximum Gasteiger partial charge on any atom is 0.172 e. The van der Waals surface area contributed by atoms with Crippen molar-refractivity contribution in [3.05, 3.63) is 45.0 Å². The van der Waals surface area contributed by atoms with Gasteiger partial charge in [0.15, 0.2) is 11.0 Å². The number of rotatable bonds is 2. The molecule has 0 aliphatic carbocycles. The second kappa shape index (κ2) is 5.20. The molecule has 94 valence electrons. The molecular weight excluding hydrogens is 321 g/mol. The van der Waals surface area contributed by atoms with Gasteiger partial charge in [-0.1, -0.05) is 27.5 Å². The molecule has 18 heavy (non-hydrogen) atoms. The van der Waals surface area contributed by atoms with Gasteiger partial charge in [0, 0.05) is 4.47 Å². The summed E-state index contributed by atoms with van der Waals surface area (Å²) in [7, 11) is 0. The standard InChI is InChI=1S/C12H10BrClFN3/c1-6-7(2)17-12(11(14)16-6)18-10-4-3-8(13)5-9(10)15/h3-5H,1-2H3,(H,17,18). The minimum Gasteiger partial charge on any atom is -0.335 e. The highest BCUT2D eigenvalue weighted by atomic mass is 79.9. The highest BCUT2D eigenvalue weighted by molar-refractivity contribution is 9.10. The van der Waals surface area contributed by atoms with Crippen LogP contribution in [0, 0.1) is 19.7 Å². The summed E-state index contributed by atoms with van der Waals surface area (Å²) in [6, 6.07) is 4.70. The van der Waals surface area contributed by atoms with Gasteiger partial charge in [0.25, 0.3) is 0 Å². The van der Waals surface area contributed by atoms with E-state index >= 15 is 0 Å². The third-order valence-electron chi connectivity index (χ3n) is 2.45. The van der Waals surface area contributed by atoms with E-state index in [9.17, 15) is 4.39 Å². The smallest absolute Gasteiger partial charge is 0.172 e. The van der Waals surface area contributed by atoms with Gasteiger partial charge in [-0.2, -0.15) is 0 Å². The van der Waals surface area contributed by atoms with Crippen LogP contribution >= 0.6 is 27.5 Å². The van der Waals surface area contributed by atoms with E-state index in [1.165, 1.54) is 6.07 Å². The van der Waals surface area contributed by atoms with E-state index in [1.54, 1.807) is 12.1 Å². The van der Waals surface area contributed by atoms with Gasteiger partial charge in [-0.15, -0.1) is 0 Å².